The zero-order valence-corrected chi connectivity index (χ0v) is 12.8. The van der Waals surface area contributed by atoms with E-state index in [1.165, 1.54) is 17.2 Å². The van der Waals surface area contributed by atoms with E-state index in [-0.39, 0.29) is 5.82 Å². The van der Waals surface area contributed by atoms with E-state index >= 15 is 0 Å². The summed E-state index contributed by atoms with van der Waals surface area (Å²) in [6, 6.07) is 15.4. The molecule has 0 radical (unpaired) electrons. The van der Waals surface area contributed by atoms with Crippen molar-refractivity contribution in [2.24, 2.45) is 0 Å². The molecule has 0 aromatic heterocycles. The molecule has 3 heteroatoms. The summed E-state index contributed by atoms with van der Waals surface area (Å²) in [7, 11) is 3.99. The average molecular weight is 286 g/mol. The van der Waals surface area contributed by atoms with Crippen LogP contribution in [0.4, 0.5) is 4.39 Å². The zero-order valence-electron chi connectivity index (χ0n) is 12.8. The first-order valence-electron chi connectivity index (χ1n) is 7.34. The monoisotopic (exact) mass is 286 g/mol. The largest absolute Gasteiger partial charge is 0.319 e. The van der Waals surface area contributed by atoms with Crippen molar-refractivity contribution >= 4 is 0 Å². The Labute approximate surface area is 126 Å². The molecule has 0 heterocycles. The van der Waals surface area contributed by atoms with Crippen molar-refractivity contribution in [3.05, 3.63) is 71.0 Å². The van der Waals surface area contributed by atoms with Crippen molar-refractivity contribution < 1.29 is 4.39 Å². The Balaban J connectivity index is 2.02. The molecule has 0 fully saturated rings. The summed E-state index contributed by atoms with van der Waals surface area (Å²) in [5, 5.41) is 3.18. The van der Waals surface area contributed by atoms with E-state index < -0.39 is 0 Å². The number of nitrogens with one attached hydrogen (secondary N) is 1. The molecule has 0 aliphatic rings. The Bertz CT molecular complexity index is 569. The first-order valence-corrected chi connectivity index (χ1v) is 7.34. The smallest absolute Gasteiger partial charge is 0.127 e. The SMILES string of the molecule is CNCCc1ccccc1CN(C)Cc1ccccc1F. The van der Waals surface area contributed by atoms with Crippen LogP contribution in [-0.4, -0.2) is 25.5 Å². The van der Waals surface area contributed by atoms with Gasteiger partial charge in [0.25, 0.3) is 0 Å². The number of halogens is 1. The van der Waals surface area contributed by atoms with Gasteiger partial charge in [0.05, 0.1) is 0 Å². The van der Waals surface area contributed by atoms with Gasteiger partial charge in [-0.1, -0.05) is 42.5 Å². The van der Waals surface area contributed by atoms with Crippen molar-refractivity contribution in [2.75, 3.05) is 20.6 Å². The zero-order chi connectivity index (χ0) is 15.1. The lowest BCUT2D eigenvalue weighted by Crippen LogP contribution is -2.19. The van der Waals surface area contributed by atoms with Gasteiger partial charge in [-0.15, -0.1) is 0 Å². The van der Waals surface area contributed by atoms with E-state index in [9.17, 15) is 4.39 Å². The van der Waals surface area contributed by atoms with Crippen molar-refractivity contribution in [1.82, 2.24) is 10.2 Å². The molecule has 2 aromatic carbocycles. The Morgan fingerprint density at radius 2 is 1.48 bits per heavy atom. The van der Waals surface area contributed by atoms with Gasteiger partial charge in [0.2, 0.25) is 0 Å². The second-order valence-electron chi connectivity index (χ2n) is 5.39. The summed E-state index contributed by atoms with van der Waals surface area (Å²) in [5.41, 5.74) is 3.41. The van der Waals surface area contributed by atoms with Gasteiger partial charge >= 0.3 is 0 Å². The van der Waals surface area contributed by atoms with Crippen molar-refractivity contribution in [3.8, 4) is 0 Å². The Morgan fingerprint density at radius 3 is 2.14 bits per heavy atom. The van der Waals surface area contributed by atoms with Gasteiger partial charge in [-0.3, -0.25) is 4.90 Å². The number of benzene rings is 2. The summed E-state index contributed by atoms with van der Waals surface area (Å²) in [4.78, 5) is 2.15. The average Bonchev–Trinajstić information content (AvgIpc) is 2.49. The van der Waals surface area contributed by atoms with Crippen LogP contribution in [0.15, 0.2) is 48.5 Å². The fraction of sp³-hybridized carbons (Fsp3) is 0.333. The highest BCUT2D eigenvalue weighted by molar-refractivity contribution is 5.27. The number of likely N-dealkylation sites (N-methyl/N-ethyl adjacent to an activating group) is 1. The van der Waals surface area contributed by atoms with Crippen LogP contribution in [0.3, 0.4) is 0 Å². The normalized spacial score (nSPS) is 11.0. The molecule has 0 atom stereocenters. The predicted octanol–water partition coefficient (Wildman–Crippen LogP) is 3.22. The minimum atomic E-state index is -0.132. The summed E-state index contributed by atoms with van der Waals surface area (Å²) >= 11 is 0. The predicted molar refractivity (Wildman–Crippen MR) is 85.6 cm³/mol. The highest BCUT2D eigenvalue weighted by Gasteiger charge is 2.08. The second kappa shape index (κ2) is 7.91. The topological polar surface area (TPSA) is 15.3 Å². The van der Waals surface area contributed by atoms with Crippen molar-refractivity contribution in [1.29, 1.82) is 0 Å². The lowest BCUT2D eigenvalue weighted by molar-refractivity contribution is 0.312. The summed E-state index contributed by atoms with van der Waals surface area (Å²) in [6.07, 6.45) is 1.01. The van der Waals surface area contributed by atoms with Gasteiger partial charge in [0.1, 0.15) is 5.82 Å². The molecule has 2 aromatic rings. The first-order chi connectivity index (χ1) is 10.2. The van der Waals surface area contributed by atoms with E-state index in [4.69, 9.17) is 0 Å². The minimum absolute atomic E-state index is 0.132. The maximum absolute atomic E-state index is 13.7. The van der Waals surface area contributed by atoms with Crippen LogP contribution in [0.25, 0.3) is 0 Å². The van der Waals surface area contributed by atoms with Crippen LogP contribution in [0, 0.1) is 5.82 Å². The van der Waals surface area contributed by atoms with Crippen LogP contribution >= 0.6 is 0 Å². The highest BCUT2D eigenvalue weighted by atomic mass is 19.1. The molecular formula is C18H23FN2. The third-order valence-electron chi connectivity index (χ3n) is 3.60. The van der Waals surface area contributed by atoms with E-state index in [0.717, 1.165) is 25.1 Å². The molecule has 0 amide bonds. The molecule has 0 aliphatic carbocycles. The van der Waals surface area contributed by atoms with Crippen LogP contribution in [0.2, 0.25) is 0 Å². The first kappa shape index (κ1) is 15.7. The van der Waals surface area contributed by atoms with Gasteiger partial charge in [-0.05, 0) is 44.3 Å². The fourth-order valence-electron chi connectivity index (χ4n) is 2.48. The standard InChI is InChI=1S/C18H23FN2/c1-20-12-11-15-7-3-4-8-16(15)13-21(2)14-17-9-5-6-10-18(17)19/h3-10,20H,11-14H2,1-2H3. The number of rotatable bonds is 7. The van der Waals surface area contributed by atoms with Gasteiger partial charge in [-0.2, -0.15) is 0 Å². The van der Waals surface area contributed by atoms with E-state index in [2.05, 4.69) is 34.5 Å². The molecule has 0 saturated heterocycles. The van der Waals surface area contributed by atoms with Crippen LogP contribution in [0.1, 0.15) is 16.7 Å². The third-order valence-corrected chi connectivity index (χ3v) is 3.60. The molecule has 0 saturated carbocycles. The van der Waals surface area contributed by atoms with E-state index in [1.54, 1.807) is 6.07 Å². The molecule has 0 unspecified atom stereocenters. The summed E-state index contributed by atoms with van der Waals surface area (Å²) in [5.74, 6) is -0.132. The summed E-state index contributed by atoms with van der Waals surface area (Å²) < 4.78 is 13.7. The van der Waals surface area contributed by atoms with Gasteiger partial charge in [0.15, 0.2) is 0 Å². The van der Waals surface area contributed by atoms with Gasteiger partial charge in [0, 0.05) is 18.7 Å². The fourth-order valence-corrected chi connectivity index (χ4v) is 2.48. The van der Waals surface area contributed by atoms with Gasteiger partial charge in [-0.25, -0.2) is 4.39 Å². The molecule has 21 heavy (non-hydrogen) atoms. The minimum Gasteiger partial charge on any atom is -0.319 e. The lowest BCUT2D eigenvalue weighted by Gasteiger charge is -2.19. The van der Waals surface area contributed by atoms with Crippen molar-refractivity contribution in [3.63, 3.8) is 0 Å². The molecule has 2 nitrogen and oxygen atoms in total. The molecule has 112 valence electrons. The molecule has 0 aliphatic heterocycles. The highest BCUT2D eigenvalue weighted by Crippen LogP contribution is 2.15. The number of hydrogen-bond donors (Lipinski definition) is 1. The molecule has 0 spiro atoms. The molecular weight excluding hydrogens is 263 g/mol. The summed E-state index contributed by atoms with van der Waals surface area (Å²) in [6.45, 7) is 2.41. The van der Waals surface area contributed by atoms with Crippen LogP contribution in [0.5, 0.6) is 0 Å². The second-order valence-corrected chi connectivity index (χ2v) is 5.39. The van der Waals surface area contributed by atoms with Crippen LogP contribution in [-0.2, 0) is 19.5 Å². The van der Waals surface area contributed by atoms with Crippen LogP contribution < -0.4 is 5.32 Å². The van der Waals surface area contributed by atoms with Gasteiger partial charge < -0.3 is 5.32 Å². The molecule has 2 rings (SSSR count). The number of nitrogens with zero attached hydrogens (tertiary/aromatic N) is 1. The maximum atomic E-state index is 13.7. The Hall–Kier alpha value is -1.71. The molecule has 0 bridgehead atoms. The molecule has 1 N–H and O–H groups in total. The third kappa shape index (κ3) is 4.66. The van der Waals surface area contributed by atoms with E-state index in [1.807, 2.05) is 26.2 Å². The number of hydrogen-bond acceptors (Lipinski definition) is 2. The van der Waals surface area contributed by atoms with Crippen molar-refractivity contribution in [2.45, 2.75) is 19.5 Å². The Morgan fingerprint density at radius 1 is 0.905 bits per heavy atom. The lowest BCUT2D eigenvalue weighted by atomic mass is 10.0. The quantitative estimate of drug-likeness (QED) is 0.841. The Kier molecular flexibility index (Phi) is 5.90. The maximum Gasteiger partial charge on any atom is 0.127 e. The van der Waals surface area contributed by atoms with E-state index in [0.29, 0.717) is 6.54 Å².